The molecule has 0 atom stereocenters. The third-order valence-electron chi connectivity index (χ3n) is 2.61. The second kappa shape index (κ2) is 4.94. The van der Waals surface area contributed by atoms with E-state index in [-0.39, 0.29) is 0 Å². The predicted octanol–water partition coefficient (Wildman–Crippen LogP) is 2.02. The highest BCUT2D eigenvalue weighted by Gasteiger charge is 1.97. The predicted molar refractivity (Wildman–Crippen MR) is 64.9 cm³/mol. The lowest BCUT2D eigenvalue weighted by Gasteiger charge is -2.06. The fraction of sp³-hybridized carbons (Fsp3) is 0.308. The largest absolute Gasteiger partial charge is 0.353 e. The van der Waals surface area contributed by atoms with E-state index in [2.05, 4.69) is 40.2 Å². The average Bonchev–Trinajstić information content (AvgIpc) is 2.65. The van der Waals surface area contributed by atoms with E-state index in [0.29, 0.717) is 0 Å². The number of rotatable bonds is 4. The van der Waals surface area contributed by atoms with Crippen molar-refractivity contribution in [3.63, 3.8) is 0 Å². The van der Waals surface area contributed by atoms with Crippen LogP contribution in [0.15, 0.2) is 36.5 Å². The van der Waals surface area contributed by atoms with Crippen molar-refractivity contribution in [1.82, 2.24) is 14.9 Å². The second-order valence-electron chi connectivity index (χ2n) is 3.98. The molecule has 2 rings (SSSR count). The van der Waals surface area contributed by atoms with Crippen LogP contribution in [-0.2, 0) is 20.1 Å². The molecule has 84 valence electrons. The van der Waals surface area contributed by atoms with Crippen molar-refractivity contribution in [2.45, 2.75) is 20.0 Å². The summed E-state index contributed by atoms with van der Waals surface area (Å²) in [5.41, 5.74) is 3.44. The Bertz CT molecular complexity index is 460. The van der Waals surface area contributed by atoms with Gasteiger partial charge in [0.2, 0.25) is 0 Å². The van der Waals surface area contributed by atoms with Crippen molar-refractivity contribution < 1.29 is 0 Å². The monoisotopic (exact) mass is 215 g/mol. The topological polar surface area (TPSA) is 29.9 Å². The van der Waals surface area contributed by atoms with Crippen LogP contribution in [-0.4, -0.2) is 9.55 Å². The number of aryl methyl sites for hydroxylation is 2. The molecule has 0 aliphatic carbocycles. The van der Waals surface area contributed by atoms with E-state index in [1.807, 2.05) is 25.1 Å². The van der Waals surface area contributed by atoms with Crippen LogP contribution in [0, 0.1) is 6.92 Å². The SMILES string of the molecule is Cc1cccc(CNCc2cccn2C)n1. The lowest BCUT2D eigenvalue weighted by molar-refractivity contribution is 0.644. The van der Waals surface area contributed by atoms with E-state index in [4.69, 9.17) is 0 Å². The Kier molecular flexibility index (Phi) is 3.37. The lowest BCUT2D eigenvalue weighted by atomic mass is 10.3. The molecule has 0 amide bonds. The summed E-state index contributed by atoms with van der Waals surface area (Å²) >= 11 is 0. The molecular formula is C13H17N3. The van der Waals surface area contributed by atoms with Crippen LogP contribution in [0.4, 0.5) is 0 Å². The summed E-state index contributed by atoms with van der Waals surface area (Å²) in [5, 5.41) is 3.39. The number of hydrogen-bond acceptors (Lipinski definition) is 2. The summed E-state index contributed by atoms with van der Waals surface area (Å²) in [6.07, 6.45) is 2.06. The van der Waals surface area contributed by atoms with Crippen molar-refractivity contribution in [3.05, 3.63) is 53.6 Å². The maximum Gasteiger partial charge on any atom is 0.0544 e. The maximum absolute atomic E-state index is 4.45. The Morgan fingerprint density at radius 3 is 2.75 bits per heavy atom. The zero-order valence-electron chi connectivity index (χ0n) is 9.77. The summed E-state index contributed by atoms with van der Waals surface area (Å²) in [7, 11) is 2.06. The Labute approximate surface area is 96.1 Å². The van der Waals surface area contributed by atoms with Crippen LogP contribution >= 0.6 is 0 Å². The Morgan fingerprint density at radius 2 is 2.06 bits per heavy atom. The first-order chi connectivity index (χ1) is 7.75. The van der Waals surface area contributed by atoms with Gasteiger partial charge in [-0.3, -0.25) is 4.98 Å². The average molecular weight is 215 g/mol. The van der Waals surface area contributed by atoms with E-state index in [1.54, 1.807) is 0 Å². The Balaban J connectivity index is 1.87. The molecule has 0 saturated heterocycles. The van der Waals surface area contributed by atoms with Crippen molar-refractivity contribution in [3.8, 4) is 0 Å². The minimum atomic E-state index is 0.812. The summed E-state index contributed by atoms with van der Waals surface area (Å²) in [6.45, 7) is 3.70. The third-order valence-corrected chi connectivity index (χ3v) is 2.61. The number of hydrogen-bond donors (Lipinski definition) is 1. The zero-order valence-corrected chi connectivity index (χ0v) is 9.77. The van der Waals surface area contributed by atoms with E-state index in [9.17, 15) is 0 Å². The maximum atomic E-state index is 4.45. The van der Waals surface area contributed by atoms with Gasteiger partial charge in [0, 0.05) is 37.7 Å². The summed E-state index contributed by atoms with van der Waals surface area (Å²) in [4.78, 5) is 4.45. The summed E-state index contributed by atoms with van der Waals surface area (Å²) in [6, 6.07) is 10.3. The highest BCUT2D eigenvalue weighted by molar-refractivity contribution is 5.10. The normalized spacial score (nSPS) is 10.6. The molecule has 3 nitrogen and oxygen atoms in total. The molecule has 16 heavy (non-hydrogen) atoms. The van der Waals surface area contributed by atoms with Gasteiger partial charge < -0.3 is 9.88 Å². The molecule has 2 heterocycles. The number of aromatic nitrogens is 2. The molecule has 3 heteroatoms. The van der Waals surface area contributed by atoms with Gasteiger partial charge in [-0.1, -0.05) is 6.07 Å². The second-order valence-corrected chi connectivity index (χ2v) is 3.98. The molecule has 2 aromatic heterocycles. The molecule has 0 spiro atoms. The van der Waals surface area contributed by atoms with Crippen LogP contribution in [0.1, 0.15) is 17.1 Å². The Hall–Kier alpha value is -1.61. The first-order valence-corrected chi connectivity index (χ1v) is 5.49. The molecule has 2 aromatic rings. The molecule has 0 aromatic carbocycles. The molecule has 1 N–H and O–H groups in total. The van der Waals surface area contributed by atoms with Gasteiger partial charge >= 0.3 is 0 Å². The minimum absolute atomic E-state index is 0.812. The van der Waals surface area contributed by atoms with E-state index in [0.717, 1.165) is 24.5 Å². The third kappa shape index (κ3) is 2.70. The minimum Gasteiger partial charge on any atom is -0.353 e. The van der Waals surface area contributed by atoms with Gasteiger partial charge in [-0.25, -0.2) is 0 Å². The quantitative estimate of drug-likeness (QED) is 0.845. The number of nitrogens with one attached hydrogen (secondary N) is 1. The number of nitrogens with zero attached hydrogens (tertiary/aromatic N) is 2. The highest BCUT2D eigenvalue weighted by atomic mass is 15.0. The molecule has 0 fully saturated rings. The van der Waals surface area contributed by atoms with Gasteiger partial charge in [0.05, 0.1) is 5.69 Å². The number of pyridine rings is 1. The molecule has 0 aliphatic rings. The molecule has 0 radical (unpaired) electrons. The fourth-order valence-corrected chi connectivity index (χ4v) is 1.70. The molecule has 0 unspecified atom stereocenters. The van der Waals surface area contributed by atoms with Crippen molar-refractivity contribution in [2.75, 3.05) is 0 Å². The van der Waals surface area contributed by atoms with E-state index >= 15 is 0 Å². The molecule has 0 aliphatic heterocycles. The van der Waals surface area contributed by atoms with Gasteiger partial charge in [-0.05, 0) is 31.2 Å². The first kappa shape index (κ1) is 10.9. The van der Waals surface area contributed by atoms with E-state index < -0.39 is 0 Å². The van der Waals surface area contributed by atoms with Crippen molar-refractivity contribution in [1.29, 1.82) is 0 Å². The summed E-state index contributed by atoms with van der Waals surface area (Å²) < 4.78 is 2.12. The van der Waals surface area contributed by atoms with Crippen molar-refractivity contribution >= 4 is 0 Å². The van der Waals surface area contributed by atoms with Gasteiger partial charge in [-0.15, -0.1) is 0 Å². The van der Waals surface area contributed by atoms with Gasteiger partial charge in [-0.2, -0.15) is 0 Å². The van der Waals surface area contributed by atoms with Crippen LogP contribution < -0.4 is 5.32 Å². The summed E-state index contributed by atoms with van der Waals surface area (Å²) in [5.74, 6) is 0. The first-order valence-electron chi connectivity index (χ1n) is 5.49. The van der Waals surface area contributed by atoms with Crippen LogP contribution in [0.3, 0.4) is 0 Å². The molecule has 0 saturated carbocycles. The fourth-order valence-electron chi connectivity index (χ4n) is 1.70. The molecular weight excluding hydrogens is 198 g/mol. The van der Waals surface area contributed by atoms with Gasteiger partial charge in [0.15, 0.2) is 0 Å². The van der Waals surface area contributed by atoms with Crippen LogP contribution in [0.2, 0.25) is 0 Å². The van der Waals surface area contributed by atoms with E-state index in [1.165, 1.54) is 5.69 Å². The van der Waals surface area contributed by atoms with Crippen LogP contribution in [0.5, 0.6) is 0 Å². The van der Waals surface area contributed by atoms with Gasteiger partial charge in [0.25, 0.3) is 0 Å². The van der Waals surface area contributed by atoms with Gasteiger partial charge in [0.1, 0.15) is 0 Å². The smallest absolute Gasteiger partial charge is 0.0544 e. The van der Waals surface area contributed by atoms with Crippen molar-refractivity contribution in [2.24, 2.45) is 7.05 Å². The standard InChI is InChI=1S/C13H17N3/c1-11-5-3-6-12(15-11)9-14-10-13-7-4-8-16(13)2/h3-8,14H,9-10H2,1-2H3. The lowest BCUT2D eigenvalue weighted by Crippen LogP contribution is -2.15. The highest BCUT2D eigenvalue weighted by Crippen LogP contribution is 2.01. The Morgan fingerprint density at radius 1 is 1.19 bits per heavy atom. The zero-order chi connectivity index (χ0) is 11.4. The van der Waals surface area contributed by atoms with Crippen LogP contribution in [0.25, 0.3) is 0 Å². The molecule has 0 bridgehead atoms.